The number of hydrogen-bond acceptors (Lipinski definition) is 6. The van der Waals surface area contributed by atoms with Crippen LogP contribution in [-0.2, 0) is 16.9 Å². The number of urea groups is 1. The van der Waals surface area contributed by atoms with Crippen LogP contribution in [0.3, 0.4) is 0 Å². The van der Waals surface area contributed by atoms with E-state index in [1.807, 2.05) is 6.07 Å². The zero-order valence-electron chi connectivity index (χ0n) is 17.3. The van der Waals surface area contributed by atoms with Crippen molar-refractivity contribution in [1.29, 1.82) is 0 Å². The van der Waals surface area contributed by atoms with Crippen molar-refractivity contribution < 1.29 is 29.0 Å². The molecule has 2 heterocycles. The van der Waals surface area contributed by atoms with E-state index in [0.717, 1.165) is 5.56 Å². The van der Waals surface area contributed by atoms with Crippen molar-refractivity contribution in [3.05, 3.63) is 59.2 Å². The Morgan fingerprint density at radius 2 is 1.84 bits per heavy atom. The van der Waals surface area contributed by atoms with Crippen LogP contribution in [0, 0.1) is 11.8 Å². The number of carbonyl (C=O) groups is 3. The Morgan fingerprint density at radius 3 is 2.50 bits per heavy atom. The molecule has 2 aromatic carbocycles. The summed E-state index contributed by atoms with van der Waals surface area (Å²) in [7, 11) is 1.53. The van der Waals surface area contributed by atoms with Gasteiger partial charge in [-0.2, -0.15) is 0 Å². The summed E-state index contributed by atoms with van der Waals surface area (Å²) in [6.07, 6.45) is 0. The first-order chi connectivity index (χ1) is 15.5. The predicted octanol–water partition coefficient (Wildman–Crippen LogP) is 0.760. The van der Waals surface area contributed by atoms with E-state index < -0.39 is 17.5 Å². The molecule has 0 aromatic heterocycles. The van der Waals surface area contributed by atoms with Crippen molar-refractivity contribution in [2.75, 3.05) is 26.9 Å². The van der Waals surface area contributed by atoms with Gasteiger partial charge in [-0.25, -0.2) is 4.79 Å². The Labute approximate surface area is 184 Å². The Bertz CT molecular complexity index is 1130. The van der Waals surface area contributed by atoms with Crippen molar-refractivity contribution in [3.8, 4) is 23.3 Å². The molecule has 0 bridgehead atoms. The van der Waals surface area contributed by atoms with Crippen molar-refractivity contribution in [2.24, 2.45) is 0 Å². The van der Waals surface area contributed by atoms with Crippen LogP contribution in [0.25, 0.3) is 0 Å². The Morgan fingerprint density at radius 1 is 1.09 bits per heavy atom. The lowest BCUT2D eigenvalue weighted by atomic mass is 9.89. The maximum atomic E-state index is 13.0. The van der Waals surface area contributed by atoms with Gasteiger partial charge in [-0.3, -0.25) is 14.9 Å². The lowest BCUT2D eigenvalue weighted by Crippen LogP contribution is -2.52. The number of carbonyl (C=O) groups excluding carboxylic acids is 3. The van der Waals surface area contributed by atoms with E-state index >= 15 is 0 Å². The molecule has 9 nitrogen and oxygen atoms in total. The van der Waals surface area contributed by atoms with Gasteiger partial charge in [0.2, 0.25) is 0 Å². The number of imide groups is 1. The quantitative estimate of drug-likeness (QED) is 0.456. The van der Waals surface area contributed by atoms with Crippen LogP contribution in [0.15, 0.2) is 42.5 Å². The van der Waals surface area contributed by atoms with Crippen molar-refractivity contribution in [2.45, 2.75) is 12.1 Å². The molecular weight excluding hydrogens is 414 g/mol. The molecule has 9 heteroatoms. The molecule has 0 saturated carbocycles. The van der Waals surface area contributed by atoms with Gasteiger partial charge in [0.25, 0.3) is 11.8 Å². The van der Waals surface area contributed by atoms with Crippen LogP contribution in [0.5, 0.6) is 11.5 Å². The summed E-state index contributed by atoms with van der Waals surface area (Å²) in [6.45, 7) is 0.133. The predicted molar refractivity (Wildman–Crippen MR) is 113 cm³/mol. The summed E-state index contributed by atoms with van der Waals surface area (Å²) in [5, 5.41) is 13.7. The highest BCUT2D eigenvalue weighted by atomic mass is 16.5. The monoisotopic (exact) mass is 435 g/mol. The van der Waals surface area contributed by atoms with E-state index in [-0.39, 0.29) is 25.7 Å². The minimum absolute atomic E-state index is 0.0391. The third-order valence-corrected chi connectivity index (χ3v) is 5.43. The Balaban J connectivity index is 1.59. The fourth-order valence-electron chi connectivity index (χ4n) is 3.84. The van der Waals surface area contributed by atoms with Crippen LogP contribution in [0.4, 0.5) is 4.79 Å². The third-order valence-electron chi connectivity index (χ3n) is 5.43. The van der Waals surface area contributed by atoms with E-state index in [0.29, 0.717) is 29.2 Å². The maximum Gasteiger partial charge on any atom is 0.322 e. The highest BCUT2D eigenvalue weighted by molar-refractivity contribution is 6.08. The van der Waals surface area contributed by atoms with Gasteiger partial charge in [0.1, 0.15) is 24.7 Å². The summed E-state index contributed by atoms with van der Waals surface area (Å²) in [4.78, 5) is 39.5. The fourth-order valence-corrected chi connectivity index (χ4v) is 3.84. The van der Waals surface area contributed by atoms with Crippen LogP contribution < -0.4 is 20.1 Å². The topological polar surface area (TPSA) is 117 Å². The Hall–Kier alpha value is -4.03. The SMILES string of the molecule is COc1ccc2c(c1)C(=O)N(C[C@@]1(c3ccc(OCC#CCO)cc3)NC(=O)NC1=O)C2. The molecule has 2 aliphatic rings. The van der Waals surface area contributed by atoms with Crippen molar-refractivity contribution >= 4 is 17.8 Å². The minimum Gasteiger partial charge on any atom is -0.497 e. The number of benzene rings is 2. The first-order valence-electron chi connectivity index (χ1n) is 9.86. The normalized spacial score (nSPS) is 19.1. The Kier molecular flexibility index (Phi) is 5.71. The second-order valence-electron chi connectivity index (χ2n) is 7.32. The van der Waals surface area contributed by atoms with Crippen LogP contribution in [0.2, 0.25) is 0 Å². The van der Waals surface area contributed by atoms with Crippen LogP contribution in [0.1, 0.15) is 21.5 Å². The second-order valence-corrected chi connectivity index (χ2v) is 7.32. The first kappa shape index (κ1) is 21.2. The third kappa shape index (κ3) is 3.84. The summed E-state index contributed by atoms with van der Waals surface area (Å²) < 4.78 is 10.7. The van der Waals surface area contributed by atoms with Gasteiger partial charge in [-0.15, -0.1) is 0 Å². The molecular formula is C23H21N3O6. The second kappa shape index (κ2) is 8.61. The van der Waals surface area contributed by atoms with Crippen molar-refractivity contribution in [1.82, 2.24) is 15.5 Å². The summed E-state index contributed by atoms with van der Waals surface area (Å²) in [6, 6.07) is 11.3. The van der Waals surface area contributed by atoms with Gasteiger partial charge in [-0.05, 0) is 35.4 Å². The molecule has 0 aliphatic carbocycles. The first-order valence-corrected chi connectivity index (χ1v) is 9.86. The van der Waals surface area contributed by atoms with Gasteiger partial charge in [0.05, 0.1) is 13.7 Å². The molecule has 0 radical (unpaired) electrons. The summed E-state index contributed by atoms with van der Waals surface area (Å²) >= 11 is 0. The highest BCUT2D eigenvalue weighted by Gasteiger charge is 2.50. The van der Waals surface area contributed by atoms with Gasteiger partial charge >= 0.3 is 6.03 Å². The number of aliphatic hydroxyl groups excluding tert-OH is 1. The molecule has 164 valence electrons. The molecule has 2 aromatic rings. The number of methoxy groups -OCH3 is 1. The van der Waals surface area contributed by atoms with E-state index in [9.17, 15) is 14.4 Å². The standard InChI is InChI=1S/C23H21N3O6/c1-31-18-7-4-15-13-26(20(28)19(15)12-18)14-23(21(29)24-22(30)25-23)16-5-8-17(9-6-16)32-11-3-2-10-27/h4-9,12,27H,10-11,13-14H2,1H3,(H2,24,25,29,30)/t23-/m0/s1. The molecule has 0 unspecified atom stereocenters. The van der Waals surface area contributed by atoms with Gasteiger partial charge in [-0.1, -0.05) is 30.0 Å². The van der Waals surface area contributed by atoms with E-state index in [2.05, 4.69) is 22.5 Å². The average Bonchev–Trinajstić information content (AvgIpc) is 3.26. The molecule has 1 fully saturated rings. The zero-order chi connectivity index (χ0) is 22.7. The van der Waals surface area contributed by atoms with Gasteiger partial charge in [0, 0.05) is 12.1 Å². The fraction of sp³-hybridized carbons (Fsp3) is 0.261. The van der Waals surface area contributed by atoms with Crippen LogP contribution in [-0.4, -0.2) is 54.7 Å². The van der Waals surface area contributed by atoms with E-state index in [1.165, 1.54) is 12.0 Å². The zero-order valence-corrected chi connectivity index (χ0v) is 17.3. The van der Waals surface area contributed by atoms with E-state index in [4.69, 9.17) is 14.6 Å². The highest BCUT2D eigenvalue weighted by Crippen LogP contribution is 2.33. The largest absolute Gasteiger partial charge is 0.497 e. The molecule has 32 heavy (non-hydrogen) atoms. The van der Waals surface area contributed by atoms with Gasteiger partial charge < -0.3 is 24.8 Å². The molecule has 4 amide bonds. The molecule has 1 atom stereocenters. The van der Waals surface area contributed by atoms with E-state index in [1.54, 1.807) is 36.4 Å². The maximum absolute atomic E-state index is 13.0. The molecule has 4 rings (SSSR count). The number of fused-ring (bicyclic) bond motifs is 1. The summed E-state index contributed by atoms with van der Waals surface area (Å²) in [5.74, 6) is 5.44. The molecule has 0 spiro atoms. The number of ether oxygens (including phenoxy) is 2. The number of aliphatic hydroxyl groups is 1. The summed E-state index contributed by atoms with van der Waals surface area (Å²) in [5.41, 5.74) is 0.407. The average molecular weight is 435 g/mol. The molecule has 3 N–H and O–H groups in total. The minimum atomic E-state index is -1.44. The number of nitrogens with zero attached hydrogens (tertiary/aromatic N) is 1. The molecule has 2 aliphatic heterocycles. The number of nitrogens with one attached hydrogen (secondary N) is 2. The van der Waals surface area contributed by atoms with Gasteiger partial charge in [0.15, 0.2) is 5.54 Å². The lowest BCUT2D eigenvalue weighted by Gasteiger charge is -2.31. The smallest absolute Gasteiger partial charge is 0.322 e. The molecule has 1 saturated heterocycles. The number of rotatable bonds is 6. The number of hydrogen-bond donors (Lipinski definition) is 3. The van der Waals surface area contributed by atoms with Crippen LogP contribution >= 0.6 is 0 Å². The number of amides is 4. The lowest BCUT2D eigenvalue weighted by molar-refractivity contribution is -0.124. The van der Waals surface area contributed by atoms with Crippen molar-refractivity contribution in [3.63, 3.8) is 0 Å².